The highest BCUT2D eigenvalue weighted by Crippen LogP contribution is 2.48. The fourth-order valence-electron chi connectivity index (χ4n) is 2.08. The van der Waals surface area contributed by atoms with Gasteiger partial charge in [-0.1, -0.05) is 6.07 Å². The van der Waals surface area contributed by atoms with Crippen LogP contribution in [0.15, 0.2) is 18.2 Å². The molecule has 0 unspecified atom stereocenters. The van der Waals surface area contributed by atoms with Crippen LogP contribution in [0.2, 0.25) is 0 Å². The molecule has 0 saturated heterocycles. The van der Waals surface area contributed by atoms with Crippen LogP contribution in [0.3, 0.4) is 0 Å². The number of nitrogens with zero attached hydrogens (tertiary/aromatic N) is 1. The third kappa shape index (κ3) is 2.26. The molecule has 0 aromatic heterocycles. The zero-order valence-electron chi connectivity index (χ0n) is 9.37. The zero-order valence-corrected chi connectivity index (χ0v) is 10.3. The van der Waals surface area contributed by atoms with Gasteiger partial charge in [0.2, 0.25) is 0 Å². The highest BCUT2D eigenvalue weighted by Gasteiger charge is 2.45. The minimum absolute atomic E-state index is 0.00935. The molecule has 0 radical (unpaired) electrons. The van der Waals surface area contributed by atoms with Crippen molar-refractivity contribution in [3.8, 4) is 0 Å². The molecule has 1 saturated carbocycles. The number of rotatable bonds is 5. The van der Waals surface area contributed by atoms with Crippen LogP contribution in [0.25, 0.3) is 0 Å². The van der Waals surface area contributed by atoms with E-state index in [9.17, 15) is 23.3 Å². The fourth-order valence-corrected chi connectivity index (χ4v) is 3.07. The first kappa shape index (κ1) is 12.7. The number of hydrogen-bond donors (Lipinski definition) is 1. The number of benzene rings is 1. The van der Waals surface area contributed by atoms with E-state index in [1.807, 2.05) is 0 Å². The molecule has 2 rings (SSSR count). The van der Waals surface area contributed by atoms with E-state index in [2.05, 4.69) is 0 Å². The lowest BCUT2D eigenvalue weighted by molar-refractivity contribution is -0.385. The Labute approximate surface area is 105 Å². The smallest absolute Gasteiger partial charge is 0.279 e. The zero-order chi connectivity index (χ0) is 13.3. The first-order valence-electron chi connectivity index (χ1n) is 5.34. The van der Waals surface area contributed by atoms with Crippen molar-refractivity contribution >= 4 is 22.7 Å². The second kappa shape index (κ2) is 4.49. The first-order valence-corrected chi connectivity index (χ1v) is 6.71. The van der Waals surface area contributed by atoms with Gasteiger partial charge in [0.05, 0.1) is 16.2 Å². The molecule has 1 aliphatic carbocycles. The molecule has 0 bridgehead atoms. The van der Waals surface area contributed by atoms with Gasteiger partial charge >= 0.3 is 0 Å². The largest absolute Gasteiger partial charge is 0.298 e. The highest BCUT2D eigenvalue weighted by molar-refractivity contribution is 7.72. The molecule has 1 aromatic rings. The van der Waals surface area contributed by atoms with E-state index >= 15 is 0 Å². The van der Waals surface area contributed by atoms with E-state index in [-0.39, 0.29) is 17.0 Å². The number of thiol groups is 1. The Hall–Kier alpha value is -1.76. The molecular formula is C11H11NO5S. The lowest BCUT2D eigenvalue weighted by Crippen LogP contribution is -2.14. The minimum atomic E-state index is -2.51. The summed E-state index contributed by atoms with van der Waals surface area (Å²) >= 11 is 0. The maximum atomic E-state index is 10.8. The quantitative estimate of drug-likeness (QED) is 0.373. The number of nitro groups is 1. The molecule has 0 N–H and O–H groups in total. The van der Waals surface area contributed by atoms with Gasteiger partial charge in [0.25, 0.3) is 5.69 Å². The number of aldehydes is 1. The predicted octanol–water partition coefficient (Wildman–Crippen LogP) is 1.05. The number of nitro benzene ring substituents is 1. The Morgan fingerprint density at radius 3 is 2.50 bits per heavy atom. The normalized spacial score (nSPS) is 16.5. The van der Waals surface area contributed by atoms with Gasteiger partial charge in [-0.15, -0.1) is 0 Å². The Morgan fingerprint density at radius 2 is 2.06 bits per heavy atom. The molecule has 96 valence electrons. The third-order valence-electron chi connectivity index (χ3n) is 3.25. The second-order valence-corrected chi connectivity index (χ2v) is 5.40. The molecule has 7 heteroatoms. The average Bonchev–Trinajstić information content (AvgIpc) is 3.08. The van der Waals surface area contributed by atoms with Gasteiger partial charge in [0.15, 0.2) is 6.29 Å². The van der Waals surface area contributed by atoms with Crippen LogP contribution < -0.4 is 0 Å². The van der Waals surface area contributed by atoms with E-state index in [0.717, 1.165) is 12.8 Å². The van der Waals surface area contributed by atoms with Crippen LogP contribution in [0.4, 0.5) is 5.69 Å². The number of carbonyl (C=O) groups excluding carboxylic acids is 1. The molecule has 0 atom stereocenters. The summed E-state index contributed by atoms with van der Waals surface area (Å²) in [5.41, 5.74) is -0.0161. The monoisotopic (exact) mass is 269 g/mol. The summed E-state index contributed by atoms with van der Waals surface area (Å²) in [5.74, 6) is 0.0262. The van der Waals surface area contributed by atoms with Crippen LogP contribution >= 0.6 is 0 Å². The molecular weight excluding hydrogens is 258 g/mol. The van der Waals surface area contributed by atoms with Crippen LogP contribution in [0.1, 0.15) is 28.8 Å². The second-order valence-electron chi connectivity index (χ2n) is 4.42. The predicted molar refractivity (Wildman–Crippen MR) is 64.6 cm³/mol. The summed E-state index contributed by atoms with van der Waals surface area (Å²) in [4.78, 5) is 20.9. The molecule has 1 aromatic carbocycles. The minimum Gasteiger partial charge on any atom is -0.298 e. The van der Waals surface area contributed by atoms with Crippen molar-refractivity contribution in [2.75, 3.05) is 5.75 Å². The standard InChI is InChI=1S/C11H11NO5S/c13-6-8-5-9(1-2-10(8)12(14)15)11(3-4-11)7-18(16)17/h1-2,5-6,18H,3-4,7H2. The van der Waals surface area contributed by atoms with Crippen molar-refractivity contribution in [3.63, 3.8) is 0 Å². The number of carbonyl (C=O) groups is 1. The maximum Gasteiger partial charge on any atom is 0.279 e. The molecule has 0 amide bonds. The van der Waals surface area contributed by atoms with Crippen LogP contribution in [-0.2, 0) is 16.1 Å². The summed E-state index contributed by atoms with van der Waals surface area (Å²) < 4.78 is 21.6. The van der Waals surface area contributed by atoms with E-state index < -0.39 is 21.0 Å². The van der Waals surface area contributed by atoms with Crippen molar-refractivity contribution in [2.24, 2.45) is 0 Å². The van der Waals surface area contributed by atoms with E-state index in [4.69, 9.17) is 0 Å². The van der Waals surface area contributed by atoms with E-state index in [1.54, 1.807) is 0 Å². The molecule has 6 nitrogen and oxygen atoms in total. The van der Waals surface area contributed by atoms with E-state index in [1.165, 1.54) is 18.2 Å². The van der Waals surface area contributed by atoms with Gasteiger partial charge in [0, 0.05) is 11.5 Å². The van der Waals surface area contributed by atoms with Gasteiger partial charge in [-0.05, 0) is 24.5 Å². The number of hydrogen-bond acceptors (Lipinski definition) is 5. The topological polar surface area (TPSA) is 94.3 Å². The Balaban J connectivity index is 2.42. The first-order chi connectivity index (χ1) is 8.48. The summed E-state index contributed by atoms with van der Waals surface area (Å²) in [6, 6.07) is 4.23. The molecule has 18 heavy (non-hydrogen) atoms. The SMILES string of the molecule is O=Cc1cc(C2(C[SH](=O)=O)CC2)ccc1[N+](=O)[O-]. The van der Waals surface area contributed by atoms with Crippen molar-refractivity contribution in [2.45, 2.75) is 18.3 Å². The summed E-state index contributed by atoms with van der Waals surface area (Å²) in [7, 11) is -2.51. The van der Waals surface area contributed by atoms with Crippen molar-refractivity contribution < 1.29 is 18.1 Å². The lowest BCUT2D eigenvalue weighted by Gasteiger charge is -2.12. The van der Waals surface area contributed by atoms with Crippen molar-refractivity contribution in [1.82, 2.24) is 0 Å². The Kier molecular flexibility index (Phi) is 3.16. The molecule has 0 aliphatic heterocycles. The van der Waals surface area contributed by atoms with Crippen LogP contribution in [0, 0.1) is 10.1 Å². The van der Waals surface area contributed by atoms with E-state index in [0.29, 0.717) is 11.8 Å². The highest BCUT2D eigenvalue weighted by atomic mass is 32.2. The Bertz CT molecular complexity index is 581. The van der Waals surface area contributed by atoms with Crippen LogP contribution in [-0.4, -0.2) is 25.4 Å². The maximum absolute atomic E-state index is 10.8. The van der Waals surface area contributed by atoms with Crippen LogP contribution in [0.5, 0.6) is 0 Å². The van der Waals surface area contributed by atoms with Crippen molar-refractivity contribution in [3.05, 3.63) is 39.4 Å². The average molecular weight is 269 g/mol. The Morgan fingerprint density at radius 1 is 1.39 bits per heavy atom. The van der Waals surface area contributed by atoms with Gasteiger partial charge < -0.3 is 0 Å². The lowest BCUT2D eigenvalue weighted by atomic mass is 9.96. The summed E-state index contributed by atoms with van der Waals surface area (Å²) in [5, 5.41) is 10.7. The van der Waals surface area contributed by atoms with Gasteiger partial charge in [-0.2, -0.15) is 0 Å². The summed E-state index contributed by atoms with van der Waals surface area (Å²) in [6.07, 6.45) is 1.88. The molecule has 1 aliphatic rings. The van der Waals surface area contributed by atoms with Gasteiger partial charge in [0.1, 0.15) is 10.7 Å². The molecule has 0 heterocycles. The molecule has 1 fully saturated rings. The summed E-state index contributed by atoms with van der Waals surface area (Å²) in [6.45, 7) is 0. The van der Waals surface area contributed by atoms with Gasteiger partial charge in [-0.25, -0.2) is 8.42 Å². The molecule has 0 spiro atoms. The third-order valence-corrected chi connectivity index (χ3v) is 4.11. The van der Waals surface area contributed by atoms with Gasteiger partial charge in [-0.3, -0.25) is 14.9 Å². The van der Waals surface area contributed by atoms with Crippen molar-refractivity contribution in [1.29, 1.82) is 0 Å². The fraction of sp³-hybridized carbons (Fsp3) is 0.364.